The predicted octanol–water partition coefficient (Wildman–Crippen LogP) is 11.1. The molecule has 0 aliphatic rings. The minimum Gasteiger partial charge on any atom is -0.366 e. The number of rotatable bonds is 12. The molecular weight excluding hydrogens is 655 g/mol. The van der Waals surface area contributed by atoms with Gasteiger partial charge in [0.2, 0.25) is 0 Å². The number of fused-ring (bicyclic) bond motifs is 3. The van der Waals surface area contributed by atoms with Gasteiger partial charge in [0.15, 0.2) is 0 Å². The number of allylic oxidation sites excluding steroid dienone is 2. The molecule has 0 fully saturated rings. The number of nitrogens with two attached hydrogens (primary N) is 2. The van der Waals surface area contributed by atoms with Crippen LogP contribution in [0.2, 0.25) is 0 Å². The highest BCUT2D eigenvalue weighted by molar-refractivity contribution is 7.26. The van der Waals surface area contributed by atoms with Crippen LogP contribution in [0.25, 0.3) is 43.1 Å². The third-order valence-corrected chi connectivity index (χ3v) is 10.1. The monoisotopic (exact) mass is 697 g/mol. The van der Waals surface area contributed by atoms with E-state index in [4.69, 9.17) is 11.1 Å². The Hall–Kier alpha value is -6.05. The van der Waals surface area contributed by atoms with Crippen LogP contribution in [-0.4, -0.2) is 12.8 Å². The SMILES string of the molecule is C=CC(=N)c1ccc(/C(=C/Cc2cccc(-c3ccc4sc5c(Nc6ccccc6C=C)cccc5c4c3)c2)NC(N)c2ccccc2)cc1.CN. The fraction of sp³-hybridized carbons (Fsp3) is 0.0652. The van der Waals surface area contributed by atoms with Crippen molar-refractivity contribution >= 4 is 60.4 Å². The zero-order valence-corrected chi connectivity index (χ0v) is 30.1. The van der Waals surface area contributed by atoms with Gasteiger partial charge in [0, 0.05) is 26.9 Å². The van der Waals surface area contributed by atoms with Crippen LogP contribution in [0.4, 0.5) is 11.4 Å². The van der Waals surface area contributed by atoms with Crippen LogP contribution in [0, 0.1) is 5.41 Å². The summed E-state index contributed by atoms with van der Waals surface area (Å²) in [5.41, 5.74) is 22.1. The van der Waals surface area contributed by atoms with Gasteiger partial charge in [-0.25, -0.2) is 0 Å². The first-order valence-corrected chi connectivity index (χ1v) is 18.0. The Labute approximate surface area is 310 Å². The fourth-order valence-electron chi connectivity index (χ4n) is 6.23. The van der Waals surface area contributed by atoms with Gasteiger partial charge < -0.3 is 27.5 Å². The molecule has 0 aliphatic carbocycles. The third kappa shape index (κ3) is 7.96. The van der Waals surface area contributed by atoms with Gasteiger partial charge in [0.05, 0.1) is 16.1 Å². The lowest BCUT2D eigenvalue weighted by atomic mass is 9.99. The van der Waals surface area contributed by atoms with Gasteiger partial charge in [-0.15, -0.1) is 11.3 Å². The highest BCUT2D eigenvalue weighted by Crippen LogP contribution is 2.41. The summed E-state index contributed by atoms with van der Waals surface area (Å²) in [5.74, 6) is 0. The maximum absolute atomic E-state index is 8.13. The molecule has 6 aromatic carbocycles. The second kappa shape index (κ2) is 16.8. The first kappa shape index (κ1) is 35.8. The van der Waals surface area contributed by atoms with Crippen molar-refractivity contribution in [2.45, 2.75) is 12.6 Å². The van der Waals surface area contributed by atoms with Crippen LogP contribution in [-0.2, 0) is 6.42 Å². The Balaban J connectivity index is 0.00000228. The molecule has 6 heteroatoms. The van der Waals surface area contributed by atoms with Crippen LogP contribution in [0.1, 0.15) is 34.0 Å². The van der Waals surface area contributed by atoms with Gasteiger partial charge in [-0.3, -0.25) is 0 Å². The van der Waals surface area contributed by atoms with E-state index in [1.165, 1.54) is 43.9 Å². The van der Waals surface area contributed by atoms with E-state index in [9.17, 15) is 0 Å². The zero-order chi connectivity index (χ0) is 36.5. The number of benzene rings is 6. The van der Waals surface area contributed by atoms with Gasteiger partial charge in [0.1, 0.15) is 6.17 Å². The molecule has 0 saturated carbocycles. The van der Waals surface area contributed by atoms with E-state index < -0.39 is 0 Å². The van der Waals surface area contributed by atoms with Crippen molar-refractivity contribution < 1.29 is 0 Å². The van der Waals surface area contributed by atoms with E-state index in [-0.39, 0.29) is 6.17 Å². The number of para-hydroxylation sites is 1. The molecule has 1 atom stereocenters. The number of anilines is 2. The van der Waals surface area contributed by atoms with Gasteiger partial charge >= 0.3 is 0 Å². The molecule has 52 heavy (non-hydrogen) atoms. The quantitative estimate of drug-likeness (QED) is 0.0648. The van der Waals surface area contributed by atoms with E-state index in [1.54, 1.807) is 6.08 Å². The molecule has 0 amide bonds. The fourth-order valence-corrected chi connectivity index (χ4v) is 7.38. The lowest BCUT2D eigenvalue weighted by Crippen LogP contribution is -2.27. The molecule has 0 saturated heterocycles. The summed E-state index contributed by atoms with van der Waals surface area (Å²) < 4.78 is 2.49. The summed E-state index contributed by atoms with van der Waals surface area (Å²) >= 11 is 1.81. The van der Waals surface area contributed by atoms with Crippen molar-refractivity contribution in [2.24, 2.45) is 11.5 Å². The Morgan fingerprint density at radius 1 is 0.731 bits per heavy atom. The topological polar surface area (TPSA) is 100.0 Å². The lowest BCUT2D eigenvalue weighted by molar-refractivity contribution is 0.666. The zero-order valence-electron chi connectivity index (χ0n) is 29.3. The van der Waals surface area contributed by atoms with E-state index in [1.807, 2.05) is 84.1 Å². The van der Waals surface area contributed by atoms with Crippen molar-refractivity contribution in [1.82, 2.24) is 5.32 Å². The summed E-state index contributed by atoms with van der Waals surface area (Å²) in [6, 6.07) is 48.3. The molecule has 1 heterocycles. The first-order valence-electron chi connectivity index (χ1n) is 17.2. The van der Waals surface area contributed by atoms with E-state index >= 15 is 0 Å². The molecule has 0 radical (unpaired) electrons. The first-order chi connectivity index (χ1) is 25.5. The summed E-state index contributed by atoms with van der Waals surface area (Å²) in [6.07, 6.45) is 5.98. The Morgan fingerprint density at radius 2 is 1.42 bits per heavy atom. The van der Waals surface area contributed by atoms with Gasteiger partial charge in [0.25, 0.3) is 0 Å². The number of hydrogen-bond donors (Lipinski definition) is 5. The maximum Gasteiger partial charge on any atom is 0.101 e. The van der Waals surface area contributed by atoms with Crippen molar-refractivity contribution in [3.05, 3.63) is 193 Å². The molecule has 0 aliphatic heterocycles. The second-order valence-electron chi connectivity index (χ2n) is 12.2. The Bertz CT molecular complexity index is 2370. The predicted molar refractivity (Wildman–Crippen MR) is 226 cm³/mol. The van der Waals surface area contributed by atoms with Gasteiger partial charge in [-0.1, -0.05) is 141 Å². The van der Waals surface area contributed by atoms with Gasteiger partial charge in [-0.05, 0) is 82.8 Å². The number of nitrogens with one attached hydrogen (secondary N) is 3. The molecule has 7 rings (SSSR count). The summed E-state index contributed by atoms with van der Waals surface area (Å²) in [7, 11) is 1.50. The summed E-state index contributed by atoms with van der Waals surface area (Å²) in [6.45, 7) is 7.72. The Kier molecular flexibility index (Phi) is 11.5. The van der Waals surface area contributed by atoms with Crippen molar-refractivity contribution in [3.8, 4) is 11.1 Å². The third-order valence-electron chi connectivity index (χ3n) is 8.93. The average molecular weight is 698 g/mol. The van der Waals surface area contributed by atoms with E-state index in [0.717, 1.165) is 39.3 Å². The Morgan fingerprint density at radius 3 is 2.19 bits per heavy atom. The van der Waals surface area contributed by atoms with Gasteiger partial charge in [-0.2, -0.15) is 0 Å². The van der Waals surface area contributed by atoms with Crippen LogP contribution >= 0.6 is 11.3 Å². The highest BCUT2D eigenvalue weighted by atomic mass is 32.1. The molecule has 1 unspecified atom stereocenters. The molecule has 7 aromatic rings. The molecule has 0 bridgehead atoms. The largest absolute Gasteiger partial charge is 0.366 e. The van der Waals surface area contributed by atoms with Crippen molar-refractivity contribution in [3.63, 3.8) is 0 Å². The smallest absolute Gasteiger partial charge is 0.101 e. The number of thiophene rings is 1. The van der Waals surface area contributed by atoms with Crippen molar-refractivity contribution in [1.29, 1.82) is 5.41 Å². The van der Waals surface area contributed by atoms with Crippen molar-refractivity contribution in [2.75, 3.05) is 12.4 Å². The van der Waals surface area contributed by atoms with Crippen LogP contribution in [0.15, 0.2) is 165 Å². The molecule has 258 valence electrons. The summed E-state index contributed by atoms with van der Waals surface area (Å²) in [5, 5.41) is 17.8. The molecule has 0 spiro atoms. The molecular formula is C46H43N5S. The standard InChI is InChI=1S/C45H38N4S.CH5N/c1-3-31-13-8-9-18-40(31)48-42-19-11-17-37-38-29-36(25-27-43(38)50-44(37)42)35-16-10-12-30(28-35)20-26-41(49-45(47)34-14-6-5-7-15-34)33-23-21-32(22-24-33)39(46)4-2;1-2/h3-19,21-29,45-46,48-49H,1-2,20,47H2;2H2,1H3/b41-26-,46-39?;. The number of hydrogen-bond acceptors (Lipinski definition) is 6. The minimum atomic E-state index is -0.375. The van der Waals surface area contributed by atoms with Crippen LogP contribution < -0.4 is 22.1 Å². The maximum atomic E-state index is 8.13. The van der Waals surface area contributed by atoms with Crippen LogP contribution in [0.3, 0.4) is 0 Å². The normalized spacial score (nSPS) is 11.7. The molecule has 7 N–H and O–H groups in total. The molecule has 5 nitrogen and oxygen atoms in total. The minimum absolute atomic E-state index is 0.375. The highest BCUT2D eigenvalue weighted by Gasteiger charge is 2.13. The lowest BCUT2D eigenvalue weighted by Gasteiger charge is -2.19. The van der Waals surface area contributed by atoms with E-state index in [0.29, 0.717) is 12.1 Å². The summed E-state index contributed by atoms with van der Waals surface area (Å²) in [4.78, 5) is 0. The van der Waals surface area contributed by atoms with Crippen LogP contribution in [0.5, 0.6) is 0 Å². The average Bonchev–Trinajstić information content (AvgIpc) is 3.59. The van der Waals surface area contributed by atoms with E-state index in [2.05, 4.69) is 108 Å². The molecule has 1 aromatic heterocycles. The second-order valence-corrected chi connectivity index (χ2v) is 13.2.